The van der Waals surface area contributed by atoms with Crippen LogP contribution in [0.3, 0.4) is 0 Å². The minimum absolute atomic E-state index is 0.674. The minimum atomic E-state index is 0.674. The summed E-state index contributed by atoms with van der Waals surface area (Å²) in [6.07, 6.45) is 3.88. The first-order chi connectivity index (χ1) is 8.74. The van der Waals surface area contributed by atoms with Gasteiger partial charge in [-0.1, -0.05) is 18.0 Å². The van der Waals surface area contributed by atoms with Crippen LogP contribution in [0, 0.1) is 5.92 Å². The van der Waals surface area contributed by atoms with Gasteiger partial charge in [0.15, 0.2) is 11.5 Å². The van der Waals surface area contributed by atoms with Crippen LogP contribution in [0.2, 0.25) is 5.02 Å². The van der Waals surface area contributed by atoms with E-state index in [2.05, 4.69) is 5.32 Å². The number of benzene rings is 1. The van der Waals surface area contributed by atoms with Gasteiger partial charge in [-0.15, -0.1) is 0 Å². The van der Waals surface area contributed by atoms with E-state index in [4.69, 9.17) is 21.1 Å². The molecule has 3 nitrogen and oxygen atoms in total. The number of hydrogen-bond acceptors (Lipinski definition) is 3. The number of nitrogens with one attached hydrogen (secondary N) is 1. The highest BCUT2D eigenvalue weighted by Crippen LogP contribution is 2.36. The van der Waals surface area contributed by atoms with Crippen LogP contribution in [0.1, 0.15) is 24.8 Å². The first-order valence-electron chi connectivity index (χ1n) is 6.38. The van der Waals surface area contributed by atoms with Crippen LogP contribution in [-0.4, -0.2) is 20.8 Å². The van der Waals surface area contributed by atoms with Crippen LogP contribution in [0.15, 0.2) is 12.1 Å². The van der Waals surface area contributed by atoms with Crippen molar-refractivity contribution in [1.82, 2.24) is 5.32 Å². The molecule has 1 aliphatic rings. The van der Waals surface area contributed by atoms with E-state index in [0.29, 0.717) is 16.7 Å². The first-order valence-corrected chi connectivity index (χ1v) is 6.76. The maximum Gasteiger partial charge on any atom is 0.165 e. The molecule has 4 heteroatoms. The molecule has 1 aliphatic carbocycles. The van der Waals surface area contributed by atoms with Crippen molar-refractivity contribution in [2.45, 2.75) is 25.8 Å². The van der Waals surface area contributed by atoms with Crippen molar-refractivity contribution < 1.29 is 9.47 Å². The van der Waals surface area contributed by atoms with Gasteiger partial charge in [0, 0.05) is 23.2 Å². The molecule has 0 aliphatic heterocycles. The van der Waals surface area contributed by atoms with E-state index < -0.39 is 0 Å². The van der Waals surface area contributed by atoms with Crippen molar-refractivity contribution in [3.8, 4) is 11.5 Å². The molecular weight excluding hydrogens is 250 g/mol. The van der Waals surface area contributed by atoms with Gasteiger partial charge in [0.2, 0.25) is 0 Å². The van der Waals surface area contributed by atoms with Crippen LogP contribution < -0.4 is 14.8 Å². The average molecular weight is 270 g/mol. The number of ether oxygens (including phenoxy) is 2. The fourth-order valence-electron chi connectivity index (χ4n) is 2.12. The average Bonchev–Trinajstić information content (AvgIpc) is 2.29. The largest absolute Gasteiger partial charge is 0.493 e. The first kappa shape index (κ1) is 13.5. The Labute approximate surface area is 113 Å². The van der Waals surface area contributed by atoms with Crippen LogP contribution >= 0.6 is 11.6 Å². The van der Waals surface area contributed by atoms with Crippen molar-refractivity contribution in [2.24, 2.45) is 5.92 Å². The molecule has 0 atom stereocenters. The maximum absolute atomic E-state index is 6.07. The van der Waals surface area contributed by atoms with Crippen molar-refractivity contribution in [2.75, 3.05) is 20.8 Å². The summed E-state index contributed by atoms with van der Waals surface area (Å²) in [6, 6.07) is 3.73. The smallest absolute Gasteiger partial charge is 0.165 e. The zero-order valence-electron chi connectivity index (χ0n) is 11.0. The van der Waals surface area contributed by atoms with Gasteiger partial charge < -0.3 is 14.8 Å². The Balaban J connectivity index is 2.16. The predicted octanol–water partition coefficient (Wildman–Crippen LogP) is 3.25. The van der Waals surface area contributed by atoms with E-state index in [1.165, 1.54) is 19.3 Å². The Morgan fingerprint density at radius 3 is 2.72 bits per heavy atom. The summed E-state index contributed by atoms with van der Waals surface area (Å²) in [5.41, 5.74) is 1.04. The summed E-state index contributed by atoms with van der Waals surface area (Å²) in [5, 5.41) is 3.80. The monoisotopic (exact) mass is 269 g/mol. The van der Waals surface area contributed by atoms with Gasteiger partial charge in [-0.3, -0.25) is 0 Å². The van der Waals surface area contributed by atoms with E-state index in [9.17, 15) is 0 Å². The molecule has 100 valence electrons. The van der Waals surface area contributed by atoms with Gasteiger partial charge in [-0.25, -0.2) is 0 Å². The second kappa shape index (κ2) is 6.30. The highest BCUT2D eigenvalue weighted by molar-refractivity contribution is 6.30. The third kappa shape index (κ3) is 3.09. The molecule has 1 aromatic rings. The molecule has 0 radical (unpaired) electrons. The second-order valence-corrected chi connectivity index (χ2v) is 5.17. The third-order valence-corrected chi connectivity index (χ3v) is 3.59. The molecule has 0 unspecified atom stereocenters. The highest BCUT2D eigenvalue weighted by atomic mass is 35.5. The lowest BCUT2D eigenvalue weighted by Crippen LogP contribution is -2.20. The normalized spacial score (nSPS) is 15.3. The van der Waals surface area contributed by atoms with E-state index >= 15 is 0 Å². The lowest BCUT2D eigenvalue weighted by Gasteiger charge is -2.26. The maximum atomic E-state index is 6.07. The van der Waals surface area contributed by atoms with Gasteiger partial charge >= 0.3 is 0 Å². The van der Waals surface area contributed by atoms with Gasteiger partial charge in [-0.2, -0.15) is 0 Å². The third-order valence-electron chi connectivity index (χ3n) is 3.37. The fourth-order valence-corrected chi connectivity index (χ4v) is 2.35. The van der Waals surface area contributed by atoms with Gasteiger partial charge in [0.05, 0.1) is 13.7 Å². The summed E-state index contributed by atoms with van der Waals surface area (Å²) >= 11 is 6.07. The molecule has 1 saturated carbocycles. The minimum Gasteiger partial charge on any atom is -0.493 e. The Morgan fingerprint density at radius 1 is 1.39 bits per heavy atom. The predicted molar refractivity (Wildman–Crippen MR) is 73.6 cm³/mol. The Hall–Kier alpha value is -0.930. The molecule has 1 aromatic carbocycles. The van der Waals surface area contributed by atoms with Crippen molar-refractivity contribution >= 4 is 11.6 Å². The molecule has 2 rings (SSSR count). The summed E-state index contributed by atoms with van der Waals surface area (Å²) in [5.74, 6) is 2.24. The molecular formula is C14H20ClNO2. The molecule has 0 saturated heterocycles. The topological polar surface area (TPSA) is 30.5 Å². The molecule has 0 spiro atoms. The van der Waals surface area contributed by atoms with Gasteiger partial charge in [0.1, 0.15) is 0 Å². The number of halogens is 1. The summed E-state index contributed by atoms with van der Waals surface area (Å²) in [7, 11) is 3.55. The Bertz CT molecular complexity index is 405. The second-order valence-electron chi connectivity index (χ2n) is 4.73. The zero-order valence-corrected chi connectivity index (χ0v) is 11.7. The van der Waals surface area contributed by atoms with Crippen molar-refractivity contribution in [3.63, 3.8) is 0 Å². The molecule has 1 N–H and O–H groups in total. The lowest BCUT2D eigenvalue weighted by molar-refractivity contribution is 0.174. The van der Waals surface area contributed by atoms with Crippen molar-refractivity contribution in [3.05, 3.63) is 22.7 Å². The molecule has 0 heterocycles. The van der Waals surface area contributed by atoms with Crippen LogP contribution in [-0.2, 0) is 6.54 Å². The Kier molecular flexibility index (Phi) is 4.72. The SMILES string of the molecule is CNCc1cc(Cl)cc(OC)c1OCC1CCC1. The Morgan fingerprint density at radius 2 is 2.17 bits per heavy atom. The molecule has 0 amide bonds. The number of methoxy groups -OCH3 is 1. The highest BCUT2D eigenvalue weighted by Gasteiger charge is 2.20. The summed E-state index contributed by atoms with van der Waals surface area (Å²) < 4.78 is 11.3. The standard InChI is InChI=1S/C14H20ClNO2/c1-16-8-11-6-12(15)7-13(17-2)14(11)18-9-10-4-3-5-10/h6-7,10,16H,3-5,8-9H2,1-2H3. The van der Waals surface area contributed by atoms with E-state index in [0.717, 1.165) is 24.5 Å². The molecule has 0 bridgehead atoms. The lowest BCUT2D eigenvalue weighted by atomic mass is 9.86. The van der Waals surface area contributed by atoms with Crippen LogP contribution in [0.25, 0.3) is 0 Å². The van der Waals surface area contributed by atoms with Crippen molar-refractivity contribution in [1.29, 1.82) is 0 Å². The molecule has 0 aromatic heterocycles. The van der Waals surface area contributed by atoms with E-state index in [1.54, 1.807) is 13.2 Å². The molecule has 18 heavy (non-hydrogen) atoms. The van der Waals surface area contributed by atoms with Gasteiger partial charge in [-0.05, 0) is 31.9 Å². The number of rotatable bonds is 6. The quantitative estimate of drug-likeness (QED) is 0.860. The fraction of sp³-hybridized carbons (Fsp3) is 0.571. The van der Waals surface area contributed by atoms with E-state index in [-0.39, 0.29) is 0 Å². The summed E-state index contributed by atoms with van der Waals surface area (Å²) in [6.45, 7) is 1.49. The van der Waals surface area contributed by atoms with Crippen LogP contribution in [0.5, 0.6) is 11.5 Å². The summed E-state index contributed by atoms with van der Waals surface area (Å²) in [4.78, 5) is 0. The number of hydrogen-bond donors (Lipinski definition) is 1. The zero-order chi connectivity index (χ0) is 13.0. The van der Waals surface area contributed by atoms with Crippen LogP contribution in [0.4, 0.5) is 0 Å². The van der Waals surface area contributed by atoms with Gasteiger partial charge in [0.25, 0.3) is 0 Å². The molecule has 1 fully saturated rings. The van der Waals surface area contributed by atoms with E-state index in [1.807, 2.05) is 13.1 Å².